The lowest BCUT2D eigenvalue weighted by atomic mass is 9.93. The second kappa shape index (κ2) is 9.37. The van der Waals surface area contributed by atoms with Gasteiger partial charge in [-0.05, 0) is 44.9 Å². The molecule has 1 aliphatic rings. The number of benzene rings is 1. The minimum Gasteiger partial charge on any atom is -0.337 e. The number of carbonyl (C=O) groups excluding carboxylic acids is 1. The van der Waals surface area contributed by atoms with Crippen molar-refractivity contribution in [1.82, 2.24) is 19.8 Å². The van der Waals surface area contributed by atoms with Crippen molar-refractivity contribution >= 4 is 40.9 Å². The predicted molar refractivity (Wildman–Crippen MR) is 115 cm³/mol. The van der Waals surface area contributed by atoms with Crippen molar-refractivity contribution < 1.29 is 4.79 Å². The lowest BCUT2D eigenvalue weighted by molar-refractivity contribution is -0.133. The van der Waals surface area contributed by atoms with Gasteiger partial charge in [-0.2, -0.15) is 0 Å². The van der Waals surface area contributed by atoms with Crippen LogP contribution in [-0.4, -0.2) is 43.5 Å². The minimum absolute atomic E-state index is 0.109. The molecule has 1 heterocycles. The van der Waals surface area contributed by atoms with Gasteiger partial charge in [0.15, 0.2) is 5.82 Å². The fourth-order valence-electron chi connectivity index (χ4n) is 3.70. The van der Waals surface area contributed by atoms with Crippen LogP contribution < -0.4 is 5.84 Å². The topological polar surface area (TPSA) is 77.0 Å². The van der Waals surface area contributed by atoms with Gasteiger partial charge in [-0.25, -0.2) is 4.68 Å². The summed E-state index contributed by atoms with van der Waals surface area (Å²) in [5.74, 6) is 6.96. The molecule has 1 saturated carbocycles. The Hall–Kier alpha value is -1.44. The highest BCUT2D eigenvalue weighted by Gasteiger charge is 2.28. The van der Waals surface area contributed by atoms with E-state index < -0.39 is 0 Å². The fourth-order valence-corrected chi connectivity index (χ4v) is 4.80. The first-order valence-electron chi connectivity index (χ1n) is 9.48. The third-order valence-corrected chi connectivity index (χ3v) is 6.46. The molecule has 0 aliphatic heterocycles. The zero-order chi connectivity index (χ0) is 20.3. The van der Waals surface area contributed by atoms with Gasteiger partial charge >= 0.3 is 0 Å². The number of aromatic nitrogens is 3. The summed E-state index contributed by atoms with van der Waals surface area (Å²) in [5, 5.41) is 9.75. The summed E-state index contributed by atoms with van der Waals surface area (Å²) in [7, 11) is 0. The van der Waals surface area contributed by atoms with Gasteiger partial charge in [0.2, 0.25) is 11.1 Å². The van der Waals surface area contributed by atoms with E-state index in [1.807, 2.05) is 4.90 Å². The highest BCUT2D eigenvalue weighted by molar-refractivity contribution is 7.99. The van der Waals surface area contributed by atoms with Crippen molar-refractivity contribution in [3.8, 4) is 11.4 Å². The zero-order valence-corrected chi connectivity index (χ0v) is 18.4. The van der Waals surface area contributed by atoms with E-state index in [-0.39, 0.29) is 17.7 Å². The van der Waals surface area contributed by atoms with Crippen molar-refractivity contribution in [2.75, 3.05) is 11.6 Å². The molecule has 1 aliphatic carbocycles. The lowest BCUT2D eigenvalue weighted by Crippen LogP contribution is -2.46. The molecule has 0 unspecified atom stereocenters. The van der Waals surface area contributed by atoms with E-state index in [1.165, 1.54) is 35.7 Å². The van der Waals surface area contributed by atoms with Crippen molar-refractivity contribution in [3.05, 3.63) is 28.2 Å². The summed E-state index contributed by atoms with van der Waals surface area (Å²) in [6.45, 7) is 4.14. The van der Waals surface area contributed by atoms with Crippen LogP contribution in [0.25, 0.3) is 11.4 Å². The maximum Gasteiger partial charge on any atom is 0.233 e. The van der Waals surface area contributed by atoms with Crippen molar-refractivity contribution in [1.29, 1.82) is 0 Å². The Morgan fingerprint density at radius 1 is 1.29 bits per heavy atom. The van der Waals surface area contributed by atoms with E-state index in [4.69, 9.17) is 29.0 Å². The molecule has 28 heavy (non-hydrogen) atoms. The van der Waals surface area contributed by atoms with E-state index in [9.17, 15) is 4.79 Å². The van der Waals surface area contributed by atoms with Crippen LogP contribution in [0.15, 0.2) is 23.4 Å². The third kappa shape index (κ3) is 4.75. The molecule has 0 spiro atoms. The Kier molecular flexibility index (Phi) is 7.12. The average Bonchev–Trinajstić information content (AvgIpc) is 3.03. The first-order chi connectivity index (χ1) is 13.4. The molecule has 1 amide bonds. The number of hydrogen-bond acceptors (Lipinski definition) is 5. The number of hydrogen-bond donors (Lipinski definition) is 1. The zero-order valence-electron chi connectivity index (χ0n) is 16.1. The van der Waals surface area contributed by atoms with Crippen LogP contribution >= 0.6 is 35.0 Å². The number of halogens is 2. The maximum absolute atomic E-state index is 12.9. The van der Waals surface area contributed by atoms with Gasteiger partial charge in [-0.1, -0.05) is 54.2 Å². The Morgan fingerprint density at radius 2 is 2.00 bits per heavy atom. The van der Waals surface area contributed by atoms with Gasteiger partial charge < -0.3 is 10.7 Å². The average molecular weight is 442 g/mol. The molecular weight excluding hydrogens is 417 g/mol. The molecule has 9 heteroatoms. The number of thioether (sulfide) groups is 1. The Morgan fingerprint density at radius 3 is 2.68 bits per heavy atom. The Balaban J connectivity index is 1.71. The van der Waals surface area contributed by atoms with Gasteiger partial charge in [-0.15, -0.1) is 10.2 Å². The predicted octanol–water partition coefficient (Wildman–Crippen LogP) is 4.63. The molecule has 2 N–H and O–H groups in total. The van der Waals surface area contributed by atoms with Gasteiger partial charge in [0.05, 0.1) is 10.8 Å². The van der Waals surface area contributed by atoms with Crippen LogP contribution in [0.1, 0.15) is 46.0 Å². The second-order valence-corrected chi connectivity index (χ2v) is 9.06. The summed E-state index contributed by atoms with van der Waals surface area (Å²) >= 11 is 13.6. The highest BCUT2D eigenvalue weighted by Crippen LogP contribution is 2.31. The molecule has 6 nitrogen and oxygen atoms in total. The quantitative estimate of drug-likeness (QED) is 0.522. The first-order valence-corrected chi connectivity index (χ1v) is 11.2. The summed E-state index contributed by atoms with van der Waals surface area (Å²) < 4.78 is 1.36. The van der Waals surface area contributed by atoms with Crippen LogP contribution in [0, 0.1) is 0 Å². The van der Waals surface area contributed by atoms with Gasteiger partial charge in [0.25, 0.3) is 0 Å². The van der Waals surface area contributed by atoms with Gasteiger partial charge in [0.1, 0.15) is 0 Å². The third-order valence-electron chi connectivity index (χ3n) is 4.97. The van der Waals surface area contributed by atoms with Crippen molar-refractivity contribution in [2.24, 2.45) is 0 Å². The summed E-state index contributed by atoms with van der Waals surface area (Å²) in [6.07, 6.45) is 5.80. The summed E-state index contributed by atoms with van der Waals surface area (Å²) in [4.78, 5) is 14.9. The van der Waals surface area contributed by atoms with Crippen molar-refractivity contribution in [3.63, 3.8) is 0 Å². The molecule has 1 fully saturated rings. The monoisotopic (exact) mass is 441 g/mol. The first kappa shape index (κ1) is 21.3. The smallest absolute Gasteiger partial charge is 0.233 e. The van der Waals surface area contributed by atoms with E-state index in [0.29, 0.717) is 32.6 Å². The summed E-state index contributed by atoms with van der Waals surface area (Å²) in [6, 6.07) is 5.59. The molecule has 0 radical (unpaired) electrons. The Labute approximate surface area is 179 Å². The minimum atomic E-state index is 0.109. The summed E-state index contributed by atoms with van der Waals surface area (Å²) in [5.41, 5.74) is 0.605. The number of nitrogens with two attached hydrogens (primary N) is 1. The van der Waals surface area contributed by atoms with E-state index in [2.05, 4.69) is 24.0 Å². The van der Waals surface area contributed by atoms with Gasteiger partial charge in [-0.3, -0.25) is 4.79 Å². The number of amides is 1. The molecule has 3 rings (SSSR count). The molecule has 1 aromatic heterocycles. The normalized spacial score (nSPS) is 15.2. The van der Waals surface area contributed by atoms with E-state index in [0.717, 1.165) is 12.8 Å². The van der Waals surface area contributed by atoms with Crippen LogP contribution in [-0.2, 0) is 4.79 Å². The van der Waals surface area contributed by atoms with E-state index in [1.54, 1.807) is 18.2 Å². The number of rotatable bonds is 6. The molecule has 2 aromatic rings. The highest BCUT2D eigenvalue weighted by atomic mass is 35.5. The van der Waals surface area contributed by atoms with Crippen LogP contribution in [0.4, 0.5) is 0 Å². The molecule has 1 aromatic carbocycles. The molecule has 0 saturated heterocycles. The van der Waals surface area contributed by atoms with Gasteiger partial charge in [0, 0.05) is 22.7 Å². The standard InChI is InChI=1S/C19H25Cl2N5OS/c1-12(2)25(14-6-4-3-5-7-14)17(27)11-28-19-24-23-18(26(19)22)15-10-13(20)8-9-16(15)21/h8-10,12,14H,3-7,11,22H2,1-2H3. The van der Waals surface area contributed by atoms with Crippen LogP contribution in [0.5, 0.6) is 0 Å². The van der Waals surface area contributed by atoms with Crippen molar-refractivity contribution in [2.45, 2.75) is 63.2 Å². The molecule has 152 valence electrons. The lowest BCUT2D eigenvalue weighted by Gasteiger charge is -2.37. The number of nitrogen functional groups attached to an aromatic ring is 1. The molecular formula is C19H25Cl2N5OS. The second-order valence-electron chi connectivity index (χ2n) is 7.28. The molecule has 0 atom stereocenters. The van der Waals surface area contributed by atoms with E-state index >= 15 is 0 Å². The van der Waals surface area contributed by atoms with Crippen LogP contribution in [0.3, 0.4) is 0 Å². The largest absolute Gasteiger partial charge is 0.337 e. The number of nitrogens with zero attached hydrogens (tertiary/aromatic N) is 4. The maximum atomic E-state index is 12.9. The fraction of sp³-hybridized carbons (Fsp3) is 0.526. The van der Waals surface area contributed by atoms with Crippen LogP contribution in [0.2, 0.25) is 10.0 Å². The number of carbonyl (C=O) groups is 1. The molecule has 0 bridgehead atoms. The Bertz CT molecular complexity index is 836. The SMILES string of the molecule is CC(C)N(C(=O)CSc1nnc(-c2cc(Cl)ccc2Cl)n1N)C1CCCCC1.